The number of allylic oxidation sites excluding steroid dienone is 1. The second-order valence-corrected chi connectivity index (χ2v) is 3.03. The molecule has 0 fully saturated rings. The van der Waals surface area contributed by atoms with E-state index in [0.717, 1.165) is 29.2 Å². The first-order chi connectivity index (χ1) is 6.69. The highest BCUT2D eigenvalue weighted by molar-refractivity contribution is 5.71. The van der Waals surface area contributed by atoms with Crippen LogP contribution in [-0.2, 0) is 6.42 Å². The highest BCUT2D eigenvalue weighted by Crippen LogP contribution is 2.19. The largest absolute Gasteiger partial charge is 0.347 e. The van der Waals surface area contributed by atoms with Crippen molar-refractivity contribution in [2.24, 2.45) is 0 Å². The predicted octanol–water partition coefficient (Wildman–Crippen LogP) is 2.63. The fourth-order valence-corrected chi connectivity index (χ4v) is 1.11. The molecule has 3 heteroatoms. The molecule has 74 valence electrons. The summed E-state index contributed by atoms with van der Waals surface area (Å²) in [5.41, 5.74) is 1.87. The quantitative estimate of drug-likeness (QED) is 0.791. The molecule has 0 atom stereocenters. The monoisotopic (exact) mass is 189 g/mol. The van der Waals surface area contributed by atoms with E-state index >= 15 is 0 Å². The molecule has 0 saturated heterocycles. The molecule has 0 saturated carbocycles. The van der Waals surface area contributed by atoms with E-state index in [9.17, 15) is 0 Å². The first-order valence-electron chi connectivity index (χ1n) is 4.58. The molecule has 0 amide bonds. The van der Waals surface area contributed by atoms with Gasteiger partial charge in [-0.25, -0.2) is 9.97 Å². The summed E-state index contributed by atoms with van der Waals surface area (Å²) < 4.78 is 0. The Morgan fingerprint density at radius 1 is 1.64 bits per heavy atom. The normalized spacial score (nSPS) is 9.57. The Morgan fingerprint density at radius 3 is 2.86 bits per heavy atom. The fourth-order valence-electron chi connectivity index (χ4n) is 1.11. The molecule has 0 aliphatic carbocycles. The Hall–Kier alpha value is -1.64. The minimum atomic E-state index is 0.777. The molecule has 0 radical (unpaired) electrons. The third-order valence-corrected chi connectivity index (χ3v) is 1.85. The third-order valence-electron chi connectivity index (χ3n) is 1.85. The Bertz CT molecular complexity index is 356. The molecule has 0 spiro atoms. The highest BCUT2D eigenvalue weighted by Gasteiger charge is 2.05. The van der Waals surface area contributed by atoms with E-state index in [2.05, 4.69) is 28.4 Å². The van der Waals surface area contributed by atoms with Crippen molar-refractivity contribution in [2.45, 2.75) is 20.3 Å². The molecule has 14 heavy (non-hydrogen) atoms. The van der Waals surface area contributed by atoms with E-state index in [1.165, 1.54) is 0 Å². The van der Waals surface area contributed by atoms with Gasteiger partial charge in [0.25, 0.3) is 0 Å². The summed E-state index contributed by atoms with van der Waals surface area (Å²) in [5.74, 6) is 1.60. The minimum absolute atomic E-state index is 0.777. The van der Waals surface area contributed by atoms with Crippen LogP contribution in [0.5, 0.6) is 0 Å². The van der Waals surface area contributed by atoms with Crippen LogP contribution in [-0.4, -0.2) is 9.97 Å². The van der Waals surface area contributed by atoms with Crippen molar-refractivity contribution in [3.63, 3.8) is 0 Å². The Balaban J connectivity index is 3.16. The first kappa shape index (κ1) is 10.4. The molecule has 3 nitrogen and oxygen atoms in total. The maximum atomic E-state index is 4.35. The molecule has 1 aromatic heterocycles. The number of aromatic nitrogens is 2. The summed E-state index contributed by atoms with van der Waals surface area (Å²) in [7, 11) is 0. The average molecular weight is 189 g/mol. The summed E-state index contributed by atoms with van der Waals surface area (Å²) in [5, 5.41) is 2.98. The number of nitrogens with one attached hydrogen (secondary N) is 1. The Kier molecular flexibility index (Phi) is 3.40. The molecule has 0 aliphatic rings. The number of aryl methyl sites for hydroxylation is 1. The third kappa shape index (κ3) is 2.19. The van der Waals surface area contributed by atoms with Crippen LogP contribution >= 0.6 is 0 Å². The second kappa shape index (κ2) is 4.56. The van der Waals surface area contributed by atoms with Crippen LogP contribution in [0, 0.1) is 0 Å². The van der Waals surface area contributed by atoms with Gasteiger partial charge in [0.1, 0.15) is 11.6 Å². The standard InChI is InChI=1S/C11H15N3/c1-5-10-13-7-9(8(3)4)11(14-10)12-6-2/h6-7H,2-3,5H2,1,4H3,(H,12,13,14). The lowest BCUT2D eigenvalue weighted by Crippen LogP contribution is -2.01. The van der Waals surface area contributed by atoms with Gasteiger partial charge >= 0.3 is 0 Å². The molecule has 1 heterocycles. The van der Waals surface area contributed by atoms with E-state index in [-0.39, 0.29) is 0 Å². The molecule has 1 aromatic rings. The van der Waals surface area contributed by atoms with Gasteiger partial charge in [0.15, 0.2) is 0 Å². The van der Waals surface area contributed by atoms with Gasteiger partial charge in [-0.1, -0.05) is 20.1 Å². The second-order valence-electron chi connectivity index (χ2n) is 3.03. The molecule has 0 unspecified atom stereocenters. The molecular weight excluding hydrogens is 174 g/mol. The van der Waals surface area contributed by atoms with E-state index < -0.39 is 0 Å². The zero-order valence-electron chi connectivity index (χ0n) is 8.67. The Morgan fingerprint density at radius 2 is 2.36 bits per heavy atom. The summed E-state index contributed by atoms with van der Waals surface area (Å²) in [6, 6.07) is 0. The van der Waals surface area contributed by atoms with Crippen LogP contribution in [0.25, 0.3) is 5.57 Å². The molecular formula is C11H15N3. The van der Waals surface area contributed by atoms with E-state index in [4.69, 9.17) is 0 Å². The van der Waals surface area contributed by atoms with Crippen molar-refractivity contribution in [3.8, 4) is 0 Å². The number of rotatable bonds is 4. The van der Waals surface area contributed by atoms with Gasteiger partial charge in [-0.05, 0) is 18.7 Å². The van der Waals surface area contributed by atoms with Crippen LogP contribution < -0.4 is 5.32 Å². The zero-order chi connectivity index (χ0) is 10.6. The van der Waals surface area contributed by atoms with E-state index in [0.29, 0.717) is 0 Å². The summed E-state index contributed by atoms with van der Waals surface area (Å²) in [6.07, 6.45) is 4.22. The maximum absolute atomic E-state index is 4.35. The van der Waals surface area contributed by atoms with Crippen molar-refractivity contribution < 1.29 is 0 Å². The van der Waals surface area contributed by atoms with Crippen LogP contribution in [0.2, 0.25) is 0 Å². The highest BCUT2D eigenvalue weighted by atomic mass is 15.0. The van der Waals surface area contributed by atoms with Crippen LogP contribution in [0.1, 0.15) is 25.2 Å². The van der Waals surface area contributed by atoms with Crippen molar-refractivity contribution in [2.75, 3.05) is 5.32 Å². The smallest absolute Gasteiger partial charge is 0.141 e. The van der Waals surface area contributed by atoms with Crippen molar-refractivity contribution in [1.82, 2.24) is 9.97 Å². The lowest BCUT2D eigenvalue weighted by Gasteiger charge is -2.08. The van der Waals surface area contributed by atoms with Crippen molar-refractivity contribution >= 4 is 11.4 Å². The average Bonchev–Trinajstić information content (AvgIpc) is 2.17. The molecule has 1 N–H and O–H groups in total. The van der Waals surface area contributed by atoms with Gasteiger partial charge in [-0.15, -0.1) is 0 Å². The van der Waals surface area contributed by atoms with Crippen molar-refractivity contribution in [1.29, 1.82) is 0 Å². The van der Waals surface area contributed by atoms with Crippen LogP contribution in [0.15, 0.2) is 25.6 Å². The van der Waals surface area contributed by atoms with Crippen LogP contribution in [0.3, 0.4) is 0 Å². The van der Waals surface area contributed by atoms with Crippen molar-refractivity contribution in [3.05, 3.63) is 36.9 Å². The molecule has 1 rings (SSSR count). The van der Waals surface area contributed by atoms with Gasteiger partial charge in [-0.2, -0.15) is 0 Å². The lowest BCUT2D eigenvalue weighted by molar-refractivity contribution is 0.939. The predicted molar refractivity (Wildman–Crippen MR) is 59.9 cm³/mol. The Labute approximate surface area is 84.6 Å². The molecule has 0 aliphatic heterocycles. The topological polar surface area (TPSA) is 37.8 Å². The summed E-state index contributed by atoms with van der Waals surface area (Å²) in [4.78, 5) is 8.56. The van der Waals surface area contributed by atoms with Gasteiger partial charge in [-0.3, -0.25) is 0 Å². The van der Waals surface area contributed by atoms with Gasteiger partial charge in [0.05, 0.1) is 0 Å². The van der Waals surface area contributed by atoms with E-state index in [1.54, 1.807) is 12.4 Å². The number of hydrogen-bond donors (Lipinski definition) is 1. The first-order valence-corrected chi connectivity index (χ1v) is 4.58. The summed E-state index contributed by atoms with van der Waals surface area (Å²) >= 11 is 0. The molecule has 0 aromatic carbocycles. The number of nitrogens with zero attached hydrogens (tertiary/aromatic N) is 2. The van der Waals surface area contributed by atoms with E-state index in [1.807, 2.05) is 13.8 Å². The minimum Gasteiger partial charge on any atom is -0.347 e. The summed E-state index contributed by atoms with van der Waals surface area (Å²) in [6.45, 7) is 11.4. The van der Waals surface area contributed by atoms with Crippen LogP contribution in [0.4, 0.5) is 5.82 Å². The van der Waals surface area contributed by atoms with Gasteiger partial charge in [0.2, 0.25) is 0 Å². The lowest BCUT2D eigenvalue weighted by atomic mass is 10.1. The zero-order valence-corrected chi connectivity index (χ0v) is 8.67. The van der Waals surface area contributed by atoms with Gasteiger partial charge < -0.3 is 5.32 Å². The maximum Gasteiger partial charge on any atom is 0.141 e. The SMILES string of the molecule is C=CNc1nc(CC)ncc1C(=C)C. The number of anilines is 1. The number of hydrogen-bond acceptors (Lipinski definition) is 3. The van der Waals surface area contributed by atoms with Gasteiger partial charge in [0, 0.05) is 18.2 Å². The fraction of sp³-hybridized carbons (Fsp3) is 0.273. The molecule has 0 bridgehead atoms.